The molecule has 0 unspecified atom stereocenters. The molecule has 1 aromatic heterocycles. The maximum Gasteiger partial charge on any atom is 0.193 e. The second kappa shape index (κ2) is 11.4. The Morgan fingerprint density at radius 3 is 2.32 bits per heavy atom. The molecular weight excluding hydrogens is 463 g/mol. The first kappa shape index (κ1) is 24.4. The average Bonchev–Trinajstić information content (AvgIpc) is 2.97. The summed E-state index contributed by atoms with van der Waals surface area (Å²) in [5, 5.41) is 8.11. The second-order valence-electron chi connectivity index (χ2n) is 7.63. The Balaban J connectivity index is 0.00000392. The first-order valence-corrected chi connectivity index (χ1v) is 9.47. The lowest BCUT2D eigenvalue weighted by atomic mass is 10.1. The maximum atomic E-state index is 4.61. The molecule has 0 bridgehead atoms. The van der Waals surface area contributed by atoms with Gasteiger partial charge in [0, 0.05) is 52.5 Å². The third kappa shape index (κ3) is 6.77. The van der Waals surface area contributed by atoms with Crippen LogP contribution in [-0.2, 0) is 26.7 Å². The number of hydrogen-bond donors (Lipinski definition) is 1. The zero-order valence-electron chi connectivity index (χ0n) is 18.2. The molecule has 2 aromatic rings. The number of rotatable bonds is 7. The van der Waals surface area contributed by atoms with Crippen LogP contribution in [0.3, 0.4) is 0 Å². The van der Waals surface area contributed by atoms with E-state index in [0.29, 0.717) is 5.92 Å². The van der Waals surface area contributed by atoms with E-state index in [1.54, 1.807) is 0 Å². The number of benzene rings is 1. The summed E-state index contributed by atoms with van der Waals surface area (Å²) in [5.74, 6) is 1.29. The Labute approximate surface area is 187 Å². The Morgan fingerprint density at radius 2 is 1.75 bits per heavy atom. The zero-order chi connectivity index (χ0) is 20.0. The largest absolute Gasteiger partial charge is 0.352 e. The van der Waals surface area contributed by atoms with Gasteiger partial charge in [0.15, 0.2) is 5.96 Å². The maximum absolute atomic E-state index is 4.61. The van der Waals surface area contributed by atoms with Crippen LogP contribution in [0.25, 0.3) is 0 Å². The van der Waals surface area contributed by atoms with Gasteiger partial charge in [-0.15, -0.1) is 24.0 Å². The molecule has 156 valence electrons. The number of aliphatic imine (C=N–C) groups is 1. The van der Waals surface area contributed by atoms with Gasteiger partial charge < -0.3 is 15.1 Å². The van der Waals surface area contributed by atoms with Crippen LogP contribution in [-0.4, -0.2) is 53.7 Å². The Kier molecular flexibility index (Phi) is 9.95. The molecule has 6 nitrogen and oxygen atoms in total. The number of aryl methyl sites for hydroxylation is 1. The highest BCUT2D eigenvalue weighted by atomic mass is 127. The second-order valence-corrected chi connectivity index (χ2v) is 7.63. The molecule has 1 N–H and O–H groups in total. The van der Waals surface area contributed by atoms with E-state index in [1.165, 1.54) is 16.7 Å². The van der Waals surface area contributed by atoms with Crippen molar-refractivity contribution < 1.29 is 0 Å². The standard InChI is InChI=1S/C21H34N6.HI/c1-16(2)20-19(15-27(7)24-20)14-26(6)21(22-3)23-12-17-10-8-9-11-18(17)13-25(4)5;/h8-11,15-16H,12-14H2,1-7H3,(H,22,23);1H. The van der Waals surface area contributed by atoms with Crippen LogP contribution in [0.2, 0.25) is 0 Å². The van der Waals surface area contributed by atoms with Crippen LogP contribution in [0, 0.1) is 0 Å². The van der Waals surface area contributed by atoms with Crippen LogP contribution in [0.15, 0.2) is 35.5 Å². The van der Waals surface area contributed by atoms with Crippen LogP contribution in [0.4, 0.5) is 0 Å². The summed E-state index contributed by atoms with van der Waals surface area (Å²) < 4.78 is 1.90. The lowest BCUT2D eigenvalue weighted by molar-refractivity contribution is 0.400. The molecule has 28 heavy (non-hydrogen) atoms. The van der Waals surface area contributed by atoms with Crippen LogP contribution < -0.4 is 5.32 Å². The first-order chi connectivity index (χ1) is 12.8. The monoisotopic (exact) mass is 498 g/mol. The van der Waals surface area contributed by atoms with Crippen molar-refractivity contribution >= 4 is 29.9 Å². The number of nitrogens with zero attached hydrogens (tertiary/aromatic N) is 5. The van der Waals surface area contributed by atoms with Crippen LogP contribution >= 0.6 is 24.0 Å². The van der Waals surface area contributed by atoms with E-state index in [-0.39, 0.29) is 24.0 Å². The van der Waals surface area contributed by atoms with E-state index in [4.69, 9.17) is 0 Å². The lowest BCUT2D eigenvalue weighted by Gasteiger charge is -2.23. The van der Waals surface area contributed by atoms with Crippen molar-refractivity contribution in [3.63, 3.8) is 0 Å². The van der Waals surface area contributed by atoms with Gasteiger partial charge >= 0.3 is 0 Å². The van der Waals surface area contributed by atoms with Crippen LogP contribution in [0.1, 0.15) is 42.1 Å². The Morgan fingerprint density at radius 1 is 1.11 bits per heavy atom. The fourth-order valence-electron chi connectivity index (χ4n) is 3.28. The highest BCUT2D eigenvalue weighted by Crippen LogP contribution is 2.18. The van der Waals surface area contributed by atoms with E-state index in [0.717, 1.165) is 31.3 Å². The summed E-state index contributed by atoms with van der Waals surface area (Å²) >= 11 is 0. The zero-order valence-corrected chi connectivity index (χ0v) is 20.6. The van der Waals surface area contributed by atoms with Crippen molar-refractivity contribution in [2.45, 2.75) is 39.4 Å². The van der Waals surface area contributed by atoms with Gasteiger partial charge in [-0.2, -0.15) is 5.10 Å². The average molecular weight is 498 g/mol. The highest BCUT2D eigenvalue weighted by molar-refractivity contribution is 14.0. The van der Waals surface area contributed by atoms with Crippen molar-refractivity contribution in [2.24, 2.45) is 12.0 Å². The van der Waals surface area contributed by atoms with Crippen molar-refractivity contribution in [1.82, 2.24) is 24.9 Å². The molecule has 0 aliphatic carbocycles. The molecule has 1 heterocycles. The number of hydrogen-bond acceptors (Lipinski definition) is 3. The molecule has 0 fully saturated rings. The molecule has 0 aliphatic heterocycles. The number of halogens is 1. The Bertz CT molecular complexity index is 766. The van der Waals surface area contributed by atoms with Crippen molar-refractivity contribution in [2.75, 3.05) is 28.2 Å². The summed E-state index contributed by atoms with van der Waals surface area (Å²) in [7, 11) is 10.1. The predicted octanol–water partition coefficient (Wildman–Crippen LogP) is 3.43. The molecule has 0 saturated carbocycles. The van der Waals surface area contributed by atoms with Gasteiger partial charge in [-0.3, -0.25) is 9.67 Å². The van der Waals surface area contributed by atoms with Gasteiger partial charge in [0.1, 0.15) is 0 Å². The normalized spacial score (nSPS) is 11.7. The van der Waals surface area contributed by atoms with Crippen LogP contribution in [0.5, 0.6) is 0 Å². The highest BCUT2D eigenvalue weighted by Gasteiger charge is 2.15. The molecular formula is C21H35IN6. The van der Waals surface area contributed by atoms with E-state index in [9.17, 15) is 0 Å². The van der Waals surface area contributed by atoms with E-state index >= 15 is 0 Å². The van der Waals surface area contributed by atoms with E-state index in [1.807, 2.05) is 18.8 Å². The van der Waals surface area contributed by atoms with Gasteiger partial charge in [0.25, 0.3) is 0 Å². The summed E-state index contributed by atoms with van der Waals surface area (Å²) in [6.07, 6.45) is 2.10. The fourth-order valence-corrected chi connectivity index (χ4v) is 3.28. The minimum Gasteiger partial charge on any atom is -0.352 e. The van der Waals surface area contributed by atoms with Crippen molar-refractivity contribution in [3.05, 3.63) is 52.8 Å². The molecule has 2 rings (SSSR count). The molecule has 0 radical (unpaired) electrons. The minimum absolute atomic E-state index is 0. The third-order valence-electron chi connectivity index (χ3n) is 4.51. The predicted molar refractivity (Wildman–Crippen MR) is 128 cm³/mol. The summed E-state index contributed by atoms with van der Waals surface area (Å²) in [4.78, 5) is 8.81. The SMILES string of the molecule is CN=C(NCc1ccccc1CN(C)C)N(C)Cc1cn(C)nc1C(C)C.I. The molecule has 1 aromatic carbocycles. The summed E-state index contributed by atoms with van der Waals surface area (Å²) in [6.45, 7) is 6.83. The van der Waals surface area contributed by atoms with Crippen molar-refractivity contribution in [3.8, 4) is 0 Å². The third-order valence-corrected chi connectivity index (χ3v) is 4.51. The fraction of sp³-hybridized carbons (Fsp3) is 0.524. The number of nitrogens with one attached hydrogen (secondary N) is 1. The van der Waals surface area contributed by atoms with Gasteiger partial charge in [-0.1, -0.05) is 38.1 Å². The smallest absolute Gasteiger partial charge is 0.193 e. The van der Waals surface area contributed by atoms with Gasteiger partial charge in [0.05, 0.1) is 5.69 Å². The number of guanidine groups is 1. The molecule has 0 spiro atoms. The van der Waals surface area contributed by atoms with Gasteiger partial charge in [-0.05, 0) is 31.1 Å². The van der Waals surface area contributed by atoms with Gasteiger partial charge in [-0.25, -0.2) is 0 Å². The van der Waals surface area contributed by atoms with E-state index < -0.39 is 0 Å². The molecule has 0 amide bonds. The van der Waals surface area contributed by atoms with E-state index in [2.05, 4.69) is 90.7 Å². The molecule has 0 aliphatic rings. The summed E-state index contributed by atoms with van der Waals surface area (Å²) in [6, 6.07) is 8.55. The molecule has 0 atom stereocenters. The molecule has 7 heteroatoms. The number of aromatic nitrogens is 2. The quantitative estimate of drug-likeness (QED) is 0.361. The first-order valence-electron chi connectivity index (χ1n) is 9.47. The summed E-state index contributed by atoms with van der Waals surface area (Å²) in [5.41, 5.74) is 5.02. The van der Waals surface area contributed by atoms with Crippen molar-refractivity contribution in [1.29, 1.82) is 0 Å². The van der Waals surface area contributed by atoms with Gasteiger partial charge in [0.2, 0.25) is 0 Å². The topological polar surface area (TPSA) is 48.7 Å². The minimum atomic E-state index is 0. The lowest BCUT2D eigenvalue weighted by Crippen LogP contribution is -2.38. The molecule has 0 saturated heterocycles. The Hall–Kier alpha value is -1.61.